The van der Waals surface area contributed by atoms with E-state index in [4.69, 9.17) is 11.6 Å². The van der Waals surface area contributed by atoms with Crippen LogP contribution in [0.5, 0.6) is 0 Å². The van der Waals surface area contributed by atoms with E-state index in [-0.39, 0.29) is 4.90 Å². The molecule has 0 aliphatic heterocycles. The number of hydrogen-bond acceptors (Lipinski definition) is 2. The number of rotatable bonds is 3. The van der Waals surface area contributed by atoms with Crippen molar-refractivity contribution in [3.05, 3.63) is 70.6 Å². The highest BCUT2D eigenvalue weighted by atomic mass is 35.5. The van der Waals surface area contributed by atoms with Gasteiger partial charge < -0.3 is 0 Å². The van der Waals surface area contributed by atoms with Gasteiger partial charge in [0.15, 0.2) is 9.84 Å². The third kappa shape index (κ3) is 3.00. The Morgan fingerprint density at radius 2 is 1.50 bits per heavy atom. The van der Waals surface area contributed by atoms with Crippen LogP contribution >= 0.6 is 11.6 Å². The zero-order valence-corrected chi connectivity index (χ0v) is 11.0. The van der Waals surface area contributed by atoms with Gasteiger partial charge in [0, 0.05) is 10.4 Å². The molecule has 18 heavy (non-hydrogen) atoms. The highest BCUT2D eigenvalue weighted by Gasteiger charge is 2.08. The maximum atomic E-state index is 12.0. The first-order valence-electron chi connectivity index (χ1n) is 5.32. The summed E-state index contributed by atoms with van der Waals surface area (Å²) in [5, 5.41) is 1.70. The number of sulfone groups is 1. The van der Waals surface area contributed by atoms with E-state index in [0.29, 0.717) is 10.6 Å². The van der Waals surface area contributed by atoms with E-state index in [1.165, 1.54) is 11.5 Å². The second-order valence-electron chi connectivity index (χ2n) is 3.68. The van der Waals surface area contributed by atoms with Crippen LogP contribution in [-0.2, 0) is 9.84 Å². The van der Waals surface area contributed by atoms with E-state index in [1.807, 2.05) is 0 Å². The summed E-state index contributed by atoms with van der Waals surface area (Å²) in [4.78, 5) is 0.272. The minimum absolute atomic E-state index is 0.272. The molecule has 2 aromatic carbocycles. The first-order valence-corrected chi connectivity index (χ1v) is 7.25. The molecule has 0 aliphatic rings. The summed E-state index contributed by atoms with van der Waals surface area (Å²) in [7, 11) is -3.41. The molecule has 2 aromatic rings. The van der Waals surface area contributed by atoms with Crippen molar-refractivity contribution in [1.82, 2.24) is 0 Å². The molecule has 92 valence electrons. The molecule has 2 nitrogen and oxygen atoms in total. The topological polar surface area (TPSA) is 34.1 Å². The molecule has 0 atom stereocenters. The monoisotopic (exact) mass is 278 g/mol. The highest BCUT2D eigenvalue weighted by Crippen LogP contribution is 2.18. The van der Waals surface area contributed by atoms with Gasteiger partial charge in [0.2, 0.25) is 0 Å². The van der Waals surface area contributed by atoms with Gasteiger partial charge in [-0.15, -0.1) is 0 Å². The second kappa shape index (κ2) is 5.38. The summed E-state index contributed by atoms with van der Waals surface area (Å²) in [5.74, 6) is 0. The molecule has 2 rings (SSSR count). The zero-order valence-electron chi connectivity index (χ0n) is 9.45. The van der Waals surface area contributed by atoms with Crippen molar-refractivity contribution in [3.8, 4) is 0 Å². The fourth-order valence-electron chi connectivity index (χ4n) is 1.46. The fourth-order valence-corrected chi connectivity index (χ4v) is 2.68. The smallest absolute Gasteiger partial charge is 0.199 e. The Bertz CT molecular complexity index is 661. The van der Waals surface area contributed by atoms with Gasteiger partial charge in [0.1, 0.15) is 0 Å². The van der Waals surface area contributed by atoms with Crippen LogP contribution in [-0.4, -0.2) is 8.42 Å². The third-order valence-corrected chi connectivity index (χ3v) is 4.17. The maximum Gasteiger partial charge on any atom is 0.199 e. The van der Waals surface area contributed by atoms with Crippen molar-refractivity contribution < 1.29 is 8.42 Å². The molecule has 0 unspecified atom stereocenters. The quantitative estimate of drug-likeness (QED) is 0.856. The Kier molecular flexibility index (Phi) is 3.84. The lowest BCUT2D eigenvalue weighted by Gasteiger charge is -1.99. The van der Waals surface area contributed by atoms with Crippen LogP contribution in [0.4, 0.5) is 0 Å². The summed E-state index contributed by atoms with van der Waals surface area (Å²) < 4.78 is 24.0. The largest absolute Gasteiger partial charge is 0.219 e. The fraction of sp³-hybridized carbons (Fsp3) is 0. The van der Waals surface area contributed by atoms with Gasteiger partial charge in [-0.1, -0.05) is 48.0 Å². The minimum atomic E-state index is -3.41. The summed E-state index contributed by atoms with van der Waals surface area (Å²) in [6.07, 6.45) is 1.50. The van der Waals surface area contributed by atoms with Gasteiger partial charge in [-0.25, -0.2) is 8.42 Å². The van der Waals surface area contributed by atoms with Gasteiger partial charge in [0.05, 0.1) is 4.90 Å². The van der Waals surface area contributed by atoms with Crippen molar-refractivity contribution in [2.45, 2.75) is 4.90 Å². The van der Waals surface area contributed by atoms with Crippen molar-refractivity contribution >= 4 is 27.5 Å². The van der Waals surface area contributed by atoms with E-state index in [2.05, 4.69) is 0 Å². The second-order valence-corrected chi connectivity index (χ2v) is 5.92. The molecule has 0 heterocycles. The van der Waals surface area contributed by atoms with E-state index < -0.39 is 9.84 Å². The average Bonchev–Trinajstić information content (AvgIpc) is 2.39. The lowest BCUT2D eigenvalue weighted by atomic mass is 10.2. The van der Waals surface area contributed by atoms with Crippen molar-refractivity contribution in [2.24, 2.45) is 0 Å². The molecule has 0 spiro atoms. The van der Waals surface area contributed by atoms with Crippen LogP contribution < -0.4 is 0 Å². The SMILES string of the molecule is O=S(=O)(C=Cc1ccccc1Cl)c1ccccc1. The molecular formula is C14H11ClO2S. The minimum Gasteiger partial charge on any atom is -0.219 e. The van der Waals surface area contributed by atoms with E-state index in [0.717, 1.165) is 0 Å². The number of benzene rings is 2. The van der Waals surface area contributed by atoms with Gasteiger partial charge >= 0.3 is 0 Å². The van der Waals surface area contributed by atoms with Gasteiger partial charge in [0.25, 0.3) is 0 Å². The van der Waals surface area contributed by atoms with Crippen LogP contribution in [0, 0.1) is 0 Å². The third-order valence-electron chi connectivity index (χ3n) is 2.40. The van der Waals surface area contributed by atoms with Gasteiger partial charge in [-0.2, -0.15) is 0 Å². The molecule has 0 aromatic heterocycles. The van der Waals surface area contributed by atoms with Crippen molar-refractivity contribution in [3.63, 3.8) is 0 Å². The van der Waals surface area contributed by atoms with Crippen LogP contribution in [0.25, 0.3) is 6.08 Å². The average molecular weight is 279 g/mol. The zero-order chi connectivity index (χ0) is 13.0. The summed E-state index contributed by atoms with van der Waals surface area (Å²) in [6.45, 7) is 0. The van der Waals surface area contributed by atoms with E-state index >= 15 is 0 Å². The van der Waals surface area contributed by atoms with E-state index in [9.17, 15) is 8.42 Å². The van der Waals surface area contributed by atoms with Crippen molar-refractivity contribution in [2.75, 3.05) is 0 Å². The van der Waals surface area contributed by atoms with Crippen LogP contribution in [0.1, 0.15) is 5.56 Å². The molecular weight excluding hydrogens is 268 g/mol. The molecule has 0 saturated heterocycles. The molecule has 0 bridgehead atoms. The Morgan fingerprint density at radius 1 is 0.889 bits per heavy atom. The predicted octanol–water partition coefficient (Wildman–Crippen LogP) is 3.78. The first kappa shape index (κ1) is 12.9. The lowest BCUT2D eigenvalue weighted by Crippen LogP contribution is -1.95. The molecule has 0 amide bonds. The van der Waals surface area contributed by atoms with Gasteiger partial charge in [-0.05, 0) is 29.8 Å². The maximum absolute atomic E-state index is 12.0. The molecule has 0 radical (unpaired) electrons. The van der Waals surface area contributed by atoms with Crippen LogP contribution in [0.3, 0.4) is 0 Å². The first-order chi connectivity index (χ1) is 8.59. The summed E-state index contributed by atoms with van der Waals surface area (Å²) in [5.41, 5.74) is 0.679. The summed E-state index contributed by atoms with van der Waals surface area (Å²) >= 11 is 5.95. The Labute approximate surface area is 111 Å². The summed E-state index contributed by atoms with van der Waals surface area (Å²) in [6, 6.07) is 15.4. The normalized spacial score (nSPS) is 11.8. The Morgan fingerprint density at radius 3 is 2.17 bits per heavy atom. The van der Waals surface area contributed by atoms with Crippen molar-refractivity contribution in [1.29, 1.82) is 0 Å². The molecule has 0 N–H and O–H groups in total. The Balaban J connectivity index is 2.32. The highest BCUT2D eigenvalue weighted by molar-refractivity contribution is 7.94. The standard InChI is InChI=1S/C14H11ClO2S/c15-14-9-5-4-6-12(14)10-11-18(16,17)13-7-2-1-3-8-13/h1-11H. The predicted molar refractivity (Wildman–Crippen MR) is 74.1 cm³/mol. The molecule has 0 aliphatic carbocycles. The molecule has 4 heteroatoms. The van der Waals surface area contributed by atoms with Crippen LogP contribution in [0.15, 0.2) is 64.9 Å². The number of halogens is 1. The molecule has 0 saturated carbocycles. The van der Waals surface area contributed by atoms with Crippen LogP contribution in [0.2, 0.25) is 5.02 Å². The Hall–Kier alpha value is -1.58. The lowest BCUT2D eigenvalue weighted by molar-refractivity contribution is 0.605. The molecule has 0 fully saturated rings. The number of hydrogen-bond donors (Lipinski definition) is 0. The van der Waals surface area contributed by atoms with Gasteiger partial charge in [-0.3, -0.25) is 0 Å². The van der Waals surface area contributed by atoms with E-state index in [1.54, 1.807) is 54.6 Å².